The van der Waals surface area contributed by atoms with E-state index in [0.717, 1.165) is 22.2 Å². The smallest absolute Gasteiger partial charge is 0.338 e. The average molecular weight is 528 g/mol. The Kier molecular flexibility index (Phi) is 7.41. The van der Waals surface area contributed by atoms with E-state index in [4.69, 9.17) is 9.47 Å². The van der Waals surface area contributed by atoms with E-state index in [1.165, 1.54) is 11.8 Å². The SMILES string of the molecule is CCOC(=O)c1ccc(NC(=O)CSc2nnc(-c3c[nH]c4ccccc34)n2-c2cccc(OC)c2)cc1. The van der Waals surface area contributed by atoms with Crippen LogP contribution in [0.5, 0.6) is 5.75 Å². The second-order valence-electron chi connectivity index (χ2n) is 8.23. The lowest BCUT2D eigenvalue weighted by molar-refractivity contribution is -0.113. The number of hydrogen-bond donors (Lipinski definition) is 2. The number of thioether (sulfide) groups is 1. The Hall–Kier alpha value is -4.57. The molecule has 9 nitrogen and oxygen atoms in total. The van der Waals surface area contributed by atoms with Crippen molar-refractivity contribution in [2.75, 3.05) is 24.8 Å². The van der Waals surface area contributed by atoms with Crippen molar-refractivity contribution in [1.29, 1.82) is 0 Å². The molecule has 5 aromatic rings. The topological polar surface area (TPSA) is 111 Å². The van der Waals surface area contributed by atoms with E-state index in [9.17, 15) is 9.59 Å². The molecule has 0 saturated carbocycles. The number of aromatic nitrogens is 4. The summed E-state index contributed by atoms with van der Waals surface area (Å²) >= 11 is 1.27. The van der Waals surface area contributed by atoms with Crippen LogP contribution >= 0.6 is 11.8 Å². The second kappa shape index (κ2) is 11.2. The zero-order valence-electron chi connectivity index (χ0n) is 20.8. The first-order valence-corrected chi connectivity index (χ1v) is 12.9. The lowest BCUT2D eigenvalue weighted by atomic mass is 10.1. The molecule has 2 aromatic heterocycles. The number of nitrogens with zero attached hydrogens (tertiary/aromatic N) is 3. The minimum atomic E-state index is -0.399. The first-order valence-electron chi connectivity index (χ1n) is 11.9. The molecule has 2 heterocycles. The van der Waals surface area contributed by atoms with Crippen LogP contribution in [0.15, 0.2) is 84.1 Å². The fourth-order valence-corrected chi connectivity index (χ4v) is 4.76. The van der Waals surface area contributed by atoms with E-state index >= 15 is 0 Å². The van der Waals surface area contributed by atoms with Gasteiger partial charge in [-0.15, -0.1) is 10.2 Å². The summed E-state index contributed by atoms with van der Waals surface area (Å²) in [6.45, 7) is 2.06. The summed E-state index contributed by atoms with van der Waals surface area (Å²) in [5, 5.41) is 13.4. The molecule has 2 N–H and O–H groups in total. The van der Waals surface area contributed by atoms with Crippen LogP contribution in [0.1, 0.15) is 17.3 Å². The number of hydrogen-bond acceptors (Lipinski definition) is 7. The summed E-state index contributed by atoms with van der Waals surface area (Å²) in [5.74, 6) is 0.834. The molecule has 3 aromatic carbocycles. The van der Waals surface area contributed by atoms with Gasteiger partial charge in [0.15, 0.2) is 11.0 Å². The standard InChI is InChI=1S/C28H25N5O4S/c1-3-37-27(35)18-11-13-19(14-12-18)30-25(34)17-38-28-32-31-26(23-16-29-24-10-5-4-9-22(23)24)33(28)20-7-6-8-21(15-20)36-2/h4-16,29H,3,17H2,1-2H3,(H,30,34). The van der Waals surface area contributed by atoms with Crippen LogP contribution in [-0.4, -0.2) is 51.1 Å². The zero-order valence-corrected chi connectivity index (χ0v) is 21.6. The van der Waals surface area contributed by atoms with Gasteiger partial charge in [-0.25, -0.2) is 4.79 Å². The molecule has 0 bridgehead atoms. The summed E-state index contributed by atoms with van der Waals surface area (Å²) in [6.07, 6.45) is 1.91. The molecule has 1 amide bonds. The molecule has 0 aliphatic heterocycles. The summed E-state index contributed by atoms with van der Waals surface area (Å²) < 4.78 is 12.4. The van der Waals surface area contributed by atoms with Gasteiger partial charge in [-0.1, -0.05) is 36.0 Å². The van der Waals surface area contributed by atoms with Crippen molar-refractivity contribution in [2.45, 2.75) is 12.1 Å². The summed E-state index contributed by atoms with van der Waals surface area (Å²) in [7, 11) is 1.62. The van der Waals surface area contributed by atoms with Crippen LogP contribution in [0.25, 0.3) is 28.0 Å². The minimum Gasteiger partial charge on any atom is -0.497 e. The van der Waals surface area contributed by atoms with Crippen molar-refractivity contribution in [3.05, 3.63) is 84.6 Å². The summed E-state index contributed by atoms with van der Waals surface area (Å²) in [5.41, 5.74) is 3.71. The number of fused-ring (bicyclic) bond motifs is 1. The maximum absolute atomic E-state index is 12.8. The third-order valence-electron chi connectivity index (χ3n) is 5.79. The molecule has 10 heteroatoms. The van der Waals surface area contributed by atoms with Gasteiger partial charge in [0.1, 0.15) is 5.75 Å². The average Bonchev–Trinajstić information content (AvgIpc) is 3.56. The third kappa shape index (κ3) is 5.25. The van der Waals surface area contributed by atoms with E-state index in [-0.39, 0.29) is 11.7 Å². The van der Waals surface area contributed by atoms with Crippen molar-refractivity contribution in [2.24, 2.45) is 0 Å². The first-order chi connectivity index (χ1) is 18.6. The number of amides is 1. The van der Waals surface area contributed by atoms with Crippen molar-refractivity contribution in [3.8, 4) is 22.8 Å². The van der Waals surface area contributed by atoms with E-state index in [2.05, 4.69) is 20.5 Å². The number of carbonyl (C=O) groups excluding carboxylic acids is 2. The molecule has 0 aliphatic carbocycles. The zero-order chi connectivity index (χ0) is 26.5. The number of ether oxygens (including phenoxy) is 2. The molecular formula is C28H25N5O4S. The van der Waals surface area contributed by atoms with Crippen molar-refractivity contribution in [1.82, 2.24) is 19.7 Å². The van der Waals surface area contributed by atoms with Gasteiger partial charge in [-0.3, -0.25) is 9.36 Å². The first kappa shape index (κ1) is 25.1. The van der Waals surface area contributed by atoms with Gasteiger partial charge >= 0.3 is 5.97 Å². The Bertz CT molecular complexity index is 1590. The molecular weight excluding hydrogens is 502 g/mol. The number of rotatable bonds is 9. The highest BCUT2D eigenvalue weighted by atomic mass is 32.2. The molecule has 5 rings (SSSR count). The number of methoxy groups -OCH3 is 1. The fraction of sp³-hybridized carbons (Fsp3) is 0.143. The molecule has 0 saturated heterocycles. The van der Waals surface area contributed by atoms with E-state index < -0.39 is 5.97 Å². The van der Waals surface area contributed by atoms with Crippen LogP contribution in [0.3, 0.4) is 0 Å². The number of benzene rings is 3. The Morgan fingerprint density at radius 3 is 2.63 bits per heavy atom. The highest BCUT2D eigenvalue weighted by Gasteiger charge is 2.20. The quantitative estimate of drug-likeness (QED) is 0.197. The van der Waals surface area contributed by atoms with E-state index in [1.807, 2.05) is 59.3 Å². The van der Waals surface area contributed by atoms with Gasteiger partial charge in [0.05, 0.1) is 30.7 Å². The molecule has 0 atom stereocenters. The largest absolute Gasteiger partial charge is 0.497 e. The normalized spacial score (nSPS) is 10.9. The Balaban J connectivity index is 1.39. The Morgan fingerprint density at radius 2 is 1.84 bits per heavy atom. The molecule has 0 aliphatic rings. The number of aromatic amines is 1. The van der Waals surface area contributed by atoms with Crippen LogP contribution in [-0.2, 0) is 9.53 Å². The highest BCUT2D eigenvalue weighted by molar-refractivity contribution is 7.99. The van der Waals surface area contributed by atoms with Gasteiger partial charge in [-0.05, 0) is 49.4 Å². The van der Waals surface area contributed by atoms with Crippen LogP contribution in [0.2, 0.25) is 0 Å². The lowest BCUT2D eigenvalue weighted by Crippen LogP contribution is -2.15. The maximum atomic E-state index is 12.8. The number of esters is 1. The summed E-state index contributed by atoms with van der Waals surface area (Å²) in [4.78, 5) is 27.9. The molecule has 0 spiro atoms. The lowest BCUT2D eigenvalue weighted by Gasteiger charge is -2.11. The molecule has 0 radical (unpaired) electrons. The monoisotopic (exact) mass is 527 g/mol. The predicted octanol–water partition coefficient (Wildman–Crippen LogP) is 5.33. The Morgan fingerprint density at radius 1 is 1.03 bits per heavy atom. The van der Waals surface area contributed by atoms with Crippen molar-refractivity contribution in [3.63, 3.8) is 0 Å². The third-order valence-corrected chi connectivity index (χ3v) is 6.72. The number of nitrogens with one attached hydrogen (secondary N) is 2. The van der Waals surface area contributed by atoms with Gasteiger partial charge in [0.2, 0.25) is 5.91 Å². The fourth-order valence-electron chi connectivity index (χ4n) is 4.01. The van der Waals surface area contributed by atoms with E-state index in [0.29, 0.717) is 34.6 Å². The summed E-state index contributed by atoms with van der Waals surface area (Å²) in [6, 6.07) is 22.2. The van der Waals surface area contributed by atoms with Gasteiger partial charge < -0.3 is 19.8 Å². The molecule has 192 valence electrons. The number of anilines is 1. The number of carbonyl (C=O) groups is 2. The van der Waals surface area contributed by atoms with Crippen molar-refractivity contribution >= 4 is 40.2 Å². The number of para-hydroxylation sites is 1. The van der Waals surface area contributed by atoms with Gasteiger partial charge in [-0.2, -0.15) is 0 Å². The molecule has 38 heavy (non-hydrogen) atoms. The van der Waals surface area contributed by atoms with Crippen LogP contribution in [0, 0.1) is 0 Å². The number of H-pyrrole nitrogens is 1. The van der Waals surface area contributed by atoms with E-state index in [1.54, 1.807) is 38.3 Å². The minimum absolute atomic E-state index is 0.107. The van der Waals surface area contributed by atoms with Crippen LogP contribution in [0.4, 0.5) is 5.69 Å². The molecule has 0 unspecified atom stereocenters. The van der Waals surface area contributed by atoms with Gasteiger partial charge in [0, 0.05) is 34.4 Å². The second-order valence-corrected chi connectivity index (χ2v) is 9.17. The van der Waals surface area contributed by atoms with Crippen molar-refractivity contribution < 1.29 is 19.1 Å². The highest BCUT2D eigenvalue weighted by Crippen LogP contribution is 2.33. The maximum Gasteiger partial charge on any atom is 0.338 e. The predicted molar refractivity (Wildman–Crippen MR) is 147 cm³/mol. The van der Waals surface area contributed by atoms with Crippen LogP contribution < -0.4 is 10.1 Å². The molecule has 0 fully saturated rings. The Labute approximate surface area is 223 Å². The van der Waals surface area contributed by atoms with Gasteiger partial charge in [0.25, 0.3) is 0 Å².